The van der Waals surface area contributed by atoms with Crippen LogP contribution in [0.2, 0.25) is 0 Å². The van der Waals surface area contributed by atoms with Crippen LogP contribution < -0.4 is 0 Å². The van der Waals surface area contributed by atoms with Gasteiger partial charge in [0.05, 0.1) is 0 Å². The van der Waals surface area contributed by atoms with Gasteiger partial charge in [0, 0.05) is 23.0 Å². The SMILES string of the molecule is CC1(CCC2=CC(=O)OC2)C(C=O)CCC23COC(=O)C2=CCCC31. The highest BCUT2D eigenvalue weighted by molar-refractivity contribution is 5.92. The largest absolute Gasteiger partial charge is 0.461 e. The lowest BCUT2D eigenvalue weighted by molar-refractivity contribution is -0.136. The Morgan fingerprint density at radius 2 is 2.12 bits per heavy atom. The standard InChI is InChI=1S/C20H24O5/c1-19(7-5-13-9-17(22)24-11-13)14(10-21)6-8-20-12-25-18(23)15(20)3-2-4-16(19)20/h3,9-10,14,16H,2,4-8,11-12H2,1H3. The van der Waals surface area contributed by atoms with Gasteiger partial charge in [0.25, 0.3) is 0 Å². The molecule has 4 unspecified atom stereocenters. The van der Waals surface area contributed by atoms with E-state index in [0.717, 1.165) is 56.0 Å². The van der Waals surface area contributed by atoms with E-state index in [4.69, 9.17) is 9.47 Å². The second kappa shape index (κ2) is 5.82. The highest BCUT2D eigenvalue weighted by Crippen LogP contribution is 2.63. The van der Waals surface area contributed by atoms with Gasteiger partial charge in [0.1, 0.15) is 19.5 Å². The van der Waals surface area contributed by atoms with Gasteiger partial charge in [0.2, 0.25) is 0 Å². The zero-order valence-electron chi connectivity index (χ0n) is 14.6. The number of allylic oxidation sites excluding steroid dienone is 1. The van der Waals surface area contributed by atoms with Crippen LogP contribution in [0.1, 0.15) is 45.4 Å². The lowest BCUT2D eigenvalue weighted by Gasteiger charge is -2.56. The third-order valence-corrected chi connectivity index (χ3v) is 7.10. The molecule has 1 spiro atoms. The maximum Gasteiger partial charge on any atom is 0.334 e. The Labute approximate surface area is 147 Å². The second-order valence-electron chi connectivity index (χ2n) is 8.18. The van der Waals surface area contributed by atoms with Crippen molar-refractivity contribution in [2.24, 2.45) is 22.7 Å². The van der Waals surface area contributed by atoms with Crippen LogP contribution in [0.25, 0.3) is 0 Å². The molecule has 4 aliphatic rings. The number of aldehydes is 1. The maximum atomic E-state index is 12.2. The molecule has 0 aromatic heterocycles. The molecule has 1 saturated carbocycles. The van der Waals surface area contributed by atoms with Crippen molar-refractivity contribution in [2.75, 3.05) is 13.2 Å². The normalized spacial score (nSPS) is 39.7. The minimum absolute atomic E-state index is 0.0169. The van der Waals surface area contributed by atoms with Crippen LogP contribution >= 0.6 is 0 Å². The van der Waals surface area contributed by atoms with Gasteiger partial charge in [-0.15, -0.1) is 0 Å². The molecule has 0 radical (unpaired) electrons. The molecule has 0 aromatic carbocycles. The monoisotopic (exact) mass is 344 g/mol. The third-order valence-electron chi connectivity index (χ3n) is 7.10. The Morgan fingerprint density at radius 3 is 2.84 bits per heavy atom. The minimum Gasteiger partial charge on any atom is -0.461 e. The fourth-order valence-corrected chi connectivity index (χ4v) is 5.71. The molecule has 0 N–H and O–H groups in total. The first-order chi connectivity index (χ1) is 12.0. The van der Waals surface area contributed by atoms with Gasteiger partial charge in [-0.1, -0.05) is 13.0 Å². The van der Waals surface area contributed by atoms with Crippen molar-refractivity contribution in [2.45, 2.75) is 45.4 Å². The fourth-order valence-electron chi connectivity index (χ4n) is 5.71. The van der Waals surface area contributed by atoms with Gasteiger partial charge >= 0.3 is 11.9 Å². The third kappa shape index (κ3) is 2.39. The number of esters is 2. The molecule has 4 atom stereocenters. The molecule has 0 bridgehead atoms. The van der Waals surface area contributed by atoms with E-state index >= 15 is 0 Å². The topological polar surface area (TPSA) is 69.7 Å². The molecule has 2 aliphatic heterocycles. The zero-order chi connectivity index (χ0) is 17.7. The summed E-state index contributed by atoms with van der Waals surface area (Å²) in [4.78, 5) is 35.3. The first-order valence-electron chi connectivity index (χ1n) is 9.19. The maximum absolute atomic E-state index is 12.2. The summed E-state index contributed by atoms with van der Waals surface area (Å²) < 4.78 is 10.4. The number of rotatable bonds is 4. The summed E-state index contributed by atoms with van der Waals surface area (Å²) in [5, 5.41) is 0. The van der Waals surface area contributed by atoms with Crippen LogP contribution in [0.4, 0.5) is 0 Å². The Hall–Kier alpha value is -1.91. The van der Waals surface area contributed by atoms with Gasteiger partial charge in [0.15, 0.2) is 0 Å². The smallest absolute Gasteiger partial charge is 0.334 e. The van der Waals surface area contributed by atoms with Gasteiger partial charge in [-0.05, 0) is 55.4 Å². The van der Waals surface area contributed by atoms with Gasteiger partial charge in [-0.25, -0.2) is 9.59 Å². The highest BCUT2D eigenvalue weighted by atomic mass is 16.5. The predicted octanol–water partition coefficient (Wildman–Crippen LogP) is 2.74. The lowest BCUT2D eigenvalue weighted by Crippen LogP contribution is -2.52. The number of carbonyl (C=O) groups excluding carboxylic acids is 3. The van der Waals surface area contributed by atoms with E-state index in [2.05, 4.69) is 13.0 Å². The van der Waals surface area contributed by atoms with E-state index in [-0.39, 0.29) is 34.6 Å². The molecule has 2 heterocycles. The summed E-state index contributed by atoms with van der Waals surface area (Å²) in [6.45, 7) is 3.01. The average molecular weight is 344 g/mol. The van der Waals surface area contributed by atoms with E-state index in [1.54, 1.807) is 6.08 Å². The van der Waals surface area contributed by atoms with Crippen LogP contribution in [-0.4, -0.2) is 31.4 Å². The molecule has 0 amide bonds. The van der Waals surface area contributed by atoms with Crippen LogP contribution in [0, 0.1) is 22.7 Å². The Bertz CT molecular complexity index is 690. The van der Waals surface area contributed by atoms with Crippen LogP contribution in [0.5, 0.6) is 0 Å². The molecule has 2 aliphatic carbocycles. The van der Waals surface area contributed by atoms with E-state index in [0.29, 0.717) is 13.2 Å². The van der Waals surface area contributed by atoms with Crippen molar-refractivity contribution in [1.29, 1.82) is 0 Å². The first-order valence-corrected chi connectivity index (χ1v) is 9.19. The number of ether oxygens (including phenoxy) is 2. The summed E-state index contributed by atoms with van der Waals surface area (Å²) in [7, 11) is 0. The van der Waals surface area contributed by atoms with E-state index in [1.165, 1.54) is 0 Å². The summed E-state index contributed by atoms with van der Waals surface area (Å²) in [6, 6.07) is 0. The number of hydrogen-bond donors (Lipinski definition) is 0. The van der Waals surface area contributed by atoms with Crippen molar-refractivity contribution in [3.05, 3.63) is 23.3 Å². The number of cyclic esters (lactones) is 2. The Morgan fingerprint density at radius 1 is 1.28 bits per heavy atom. The molecule has 1 saturated heterocycles. The molecular formula is C20H24O5. The van der Waals surface area contributed by atoms with Crippen molar-refractivity contribution in [3.8, 4) is 0 Å². The molecular weight excluding hydrogens is 320 g/mol. The molecule has 134 valence electrons. The second-order valence-corrected chi connectivity index (χ2v) is 8.18. The quantitative estimate of drug-likeness (QED) is 0.579. The summed E-state index contributed by atoms with van der Waals surface area (Å²) in [5.41, 5.74) is 1.43. The van der Waals surface area contributed by atoms with Crippen LogP contribution in [-0.2, 0) is 23.9 Å². The van der Waals surface area contributed by atoms with Gasteiger partial charge < -0.3 is 14.3 Å². The molecule has 5 nitrogen and oxygen atoms in total. The minimum atomic E-state index is -0.273. The van der Waals surface area contributed by atoms with Crippen molar-refractivity contribution >= 4 is 18.2 Å². The highest BCUT2D eigenvalue weighted by Gasteiger charge is 2.61. The summed E-state index contributed by atoms with van der Waals surface area (Å²) in [5.74, 6) is -0.204. The molecule has 2 fully saturated rings. The van der Waals surface area contributed by atoms with Crippen LogP contribution in [0.15, 0.2) is 23.3 Å². The number of carbonyl (C=O) groups is 3. The predicted molar refractivity (Wildman–Crippen MR) is 89.4 cm³/mol. The van der Waals surface area contributed by atoms with E-state index in [1.807, 2.05) is 0 Å². The molecule has 4 rings (SSSR count). The first kappa shape index (κ1) is 16.6. The summed E-state index contributed by atoms with van der Waals surface area (Å²) >= 11 is 0. The Kier molecular flexibility index (Phi) is 3.85. The van der Waals surface area contributed by atoms with E-state index < -0.39 is 0 Å². The zero-order valence-corrected chi connectivity index (χ0v) is 14.6. The lowest BCUT2D eigenvalue weighted by atomic mass is 9.46. The van der Waals surface area contributed by atoms with Gasteiger partial charge in [-0.2, -0.15) is 0 Å². The van der Waals surface area contributed by atoms with Gasteiger partial charge in [-0.3, -0.25) is 0 Å². The molecule has 5 heteroatoms. The van der Waals surface area contributed by atoms with Crippen molar-refractivity contribution in [3.63, 3.8) is 0 Å². The van der Waals surface area contributed by atoms with Crippen molar-refractivity contribution in [1.82, 2.24) is 0 Å². The molecule has 25 heavy (non-hydrogen) atoms. The average Bonchev–Trinajstić information content (AvgIpc) is 3.17. The number of hydrogen-bond acceptors (Lipinski definition) is 5. The van der Waals surface area contributed by atoms with Crippen molar-refractivity contribution < 1.29 is 23.9 Å². The molecule has 0 aromatic rings. The Balaban J connectivity index is 1.65. The van der Waals surface area contributed by atoms with Crippen LogP contribution in [0.3, 0.4) is 0 Å². The fraction of sp³-hybridized carbons (Fsp3) is 0.650. The summed E-state index contributed by atoms with van der Waals surface area (Å²) in [6.07, 6.45) is 9.80. The van der Waals surface area contributed by atoms with E-state index in [9.17, 15) is 14.4 Å².